The van der Waals surface area contributed by atoms with E-state index in [2.05, 4.69) is 27.7 Å². The maximum atomic E-state index is 2.26. The quantitative estimate of drug-likeness (QED) is 0.409. The third-order valence-electron chi connectivity index (χ3n) is 1.23. The van der Waals surface area contributed by atoms with E-state index in [1.165, 1.54) is 24.3 Å². The second-order valence-corrected chi connectivity index (χ2v) is 9.77. The molecule has 0 aliphatic rings. The molecule has 0 atom stereocenters. The van der Waals surface area contributed by atoms with E-state index in [0.717, 1.165) is 10.5 Å². The molecule has 0 radical (unpaired) electrons. The summed E-state index contributed by atoms with van der Waals surface area (Å²) in [7, 11) is 8.06. The van der Waals surface area contributed by atoms with Gasteiger partial charge in [0, 0.05) is 22.0 Å². The molecule has 0 aliphatic heterocycles. The molecule has 0 heterocycles. The molecule has 0 aromatic carbocycles. The van der Waals surface area contributed by atoms with Crippen LogP contribution in [-0.2, 0) is 0 Å². The minimum absolute atomic E-state index is 0.769. The molecule has 0 aliphatic carbocycles. The van der Waals surface area contributed by atoms with Crippen LogP contribution >= 0.6 is 43.2 Å². The molecular weight excluding hydrogens is 248 g/mol. The maximum Gasteiger partial charge on any atom is 0.00944 e. The average Bonchev–Trinajstić information content (AvgIpc) is 2.08. The molecule has 14 heavy (non-hydrogen) atoms. The Hall–Kier alpha value is 1.40. The predicted molar refractivity (Wildman–Crippen MR) is 79.6 cm³/mol. The minimum atomic E-state index is 0.769. The summed E-state index contributed by atoms with van der Waals surface area (Å²) in [6.07, 6.45) is 2.74. The zero-order valence-corrected chi connectivity index (χ0v) is 12.9. The largest absolute Gasteiger partial charge is 0.0939 e. The summed E-state index contributed by atoms with van der Waals surface area (Å²) >= 11 is 0. The molecule has 0 fully saturated rings. The van der Waals surface area contributed by atoms with Gasteiger partial charge in [0.15, 0.2) is 0 Å². The topological polar surface area (TPSA) is 0 Å². The number of hydrogen-bond acceptors (Lipinski definition) is 4. The first-order valence-corrected chi connectivity index (χ1v) is 9.96. The van der Waals surface area contributed by atoms with Crippen LogP contribution in [0.25, 0.3) is 0 Å². The number of unbranched alkanes of at least 4 members (excludes halogenated alkanes) is 1. The zero-order chi connectivity index (χ0) is 10.8. The van der Waals surface area contributed by atoms with Crippen LogP contribution in [0, 0.1) is 0 Å². The molecule has 0 amide bonds. The van der Waals surface area contributed by atoms with Gasteiger partial charge in [-0.15, -0.1) is 0 Å². The van der Waals surface area contributed by atoms with Gasteiger partial charge in [-0.25, -0.2) is 0 Å². The Balaban J connectivity index is 2.92. The van der Waals surface area contributed by atoms with Gasteiger partial charge < -0.3 is 0 Å². The van der Waals surface area contributed by atoms with Crippen molar-refractivity contribution in [1.29, 1.82) is 0 Å². The van der Waals surface area contributed by atoms with E-state index >= 15 is 0 Å². The fourth-order valence-electron chi connectivity index (χ4n) is 0.690. The van der Waals surface area contributed by atoms with E-state index in [0.29, 0.717) is 0 Å². The predicted octanol–water partition coefficient (Wildman–Crippen LogP) is 5.35. The monoisotopic (exact) mass is 270 g/mol. The van der Waals surface area contributed by atoms with Crippen LogP contribution in [0.2, 0.25) is 0 Å². The lowest BCUT2D eigenvalue weighted by atomic mass is 10.4. The minimum Gasteiger partial charge on any atom is -0.0939 e. The summed E-state index contributed by atoms with van der Waals surface area (Å²) in [6.45, 7) is 9.03. The Morgan fingerprint density at radius 2 is 1.07 bits per heavy atom. The Kier molecular flexibility index (Phi) is 12.0. The van der Waals surface area contributed by atoms with E-state index < -0.39 is 0 Å². The lowest BCUT2D eigenvalue weighted by Gasteiger charge is -2.04. The van der Waals surface area contributed by atoms with Crippen molar-refractivity contribution in [3.05, 3.63) is 0 Å². The molecule has 0 aromatic rings. The molecule has 0 bridgehead atoms. The van der Waals surface area contributed by atoms with Crippen LogP contribution in [0.15, 0.2) is 0 Å². The SMILES string of the molecule is CC(C)SSCCCCSSC(C)C. The maximum absolute atomic E-state index is 2.26. The van der Waals surface area contributed by atoms with Crippen molar-refractivity contribution in [3.63, 3.8) is 0 Å². The van der Waals surface area contributed by atoms with Crippen molar-refractivity contribution in [2.45, 2.75) is 51.0 Å². The van der Waals surface area contributed by atoms with Crippen molar-refractivity contribution in [2.75, 3.05) is 11.5 Å². The molecule has 0 aromatic heterocycles. The molecule has 0 nitrogen and oxygen atoms in total. The third-order valence-corrected chi connectivity index (χ3v) is 7.30. The average molecular weight is 271 g/mol. The van der Waals surface area contributed by atoms with Gasteiger partial charge in [-0.2, -0.15) is 0 Å². The molecule has 86 valence electrons. The van der Waals surface area contributed by atoms with Gasteiger partial charge in [-0.05, 0) is 12.8 Å². The second-order valence-electron chi connectivity index (χ2n) is 3.64. The standard InChI is InChI=1S/C10H22S4/c1-9(2)13-11-7-5-6-8-12-14-10(3)4/h9-10H,5-8H2,1-4H3. The van der Waals surface area contributed by atoms with E-state index in [4.69, 9.17) is 0 Å². The highest BCUT2D eigenvalue weighted by atomic mass is 33.1. The van der Waals surface area contributed by atoms with Crippen LogP contribution in [-0.4, -0.2) is 22.0 Å². The van der Waals surface area contributed by atoms with Crippen molar-refractivity contribution in [1.82, 2.24) is 0 Å². The Bertz CT molecular complexity index is 101. The van der Waals surface area contributed by atoms with Crippen molar-refractivity contribution in [2.24, 2.45) is 0 Å². The normalized spacial score (nSPS) is 11.6. The summed E-state index contributed by atoms with van der Waals surface area (Å²) in [5.41, 5.74) is 0. The Morgan fingerprint density at radius 3 is 1.36 bits per heavy atom. The fraction of sp³-hybridized carbons (Fsp3) is 1.00. The van der Waals surface area contributed by atoms with Crippen LogP contribution < -0.4 is 0 Å². The molecule has 0 saturated carbocycles. The van der Waals surface area contributed by atoms with Crippen molar-refractivity contribution in [3.8, 4) is 0 Å². The molecule has 0 rings (SSSR count). The van der Waals surface area contributed by atoms with E-state index in [9.17, 15) is 0 Å². The van der Waals surface area contributed by atoms with E-state index in [1.54, 1.807) is 0 Å². The summed E-state index contributed by atoms with van der Waals surface area (Å²) in [4.78, 5) is 0. The lowest BCUT2D eigenvalue weighted by molar-refractivity contribution is 0.911. The highest BCUT2D eigenvalue weighted by Crippen LogP contribution is 2.29. The Morgan fingerprint density at radius 1 is 0.714 bits per heavy atom. The van der Waals surface area contributed by atoms with Gasteiger partial charge in [0.25, 0.3) is 0 Å². The molecule has 0 spiro atoms. The van der Waals surface area contributed by atoms with Gasteiger partial charge >= 0.3 is 0 Å². The molecular formula is C10H22S4. The first-order chi connectivity index (χ1) is 6.63. The van der Waals surface area contributed by atoms with Gasteiger partial charge in [0.05, 0.1) is 0 Å². The number of hydrogen-bond donors (Lipinski definition) is 0. The van der Waals surface area contributed by atoms with Gasteiger partial charge in [0.1, 0.15) is 0 Å². The van der Waals surface area contributed by atoms with Gasteiger partial charge in [-0.1, -0.05) is 70.9 Å². The van der Waals surface area contributed by atoms with E-state index in [-0.39, 0.29) is 0 Å². The summed E-state index contributed by atoms with van der Waals surface area (Å²) < 4.78 is 0. The summed E-state index contributed by atoms with van der Waals surface area (Å²) in [6, 6.07) is 0. The van der Waals surface area contributed by atoms with Crippen molar-refractivity contribution >= 4 is 43.2 Å². The van der Waals surface area contributed by atoms with E-state index in [1.807, 2.05) is 43.2 Å². The lowest BCUT2D eigenvalue weighted by Crippen LogP contribution is -1.86. The highest BCUT2D eigenvalue weighted by molar-refractivity contribution is 8.77. The second kappa shape index (κ2) is 10.9. The third kappa shape index (κ3) is 13.4. The van der Waals surface area contributed by atoms with Crippen LogP contribution in [0.5, 0.6) is 0 Å². The Labute approximate surface area is 105 Å². The first kappa shape index (κ1) is 15.4. The fourth-order valence-corrected chi connectivity index (χ4v) is 4.99. The van der Waals surface area contributed by atoms with Gasteiger partial charge in [0.2, 0.25) is 0 Å². The molecule has 0 unspecified atom stereocenters. The first-order valence-electron chi connectivity index (χ1n) is 5.19. The summed E-state index contributed by atoms with van der Waals surface area (Å²) in [5.74, 6) is 2.63. The van der Waals surface area contributed by atoms with Crippen LogP contribution in [0.1, 0.15) is 40.5 Å². The van der Waals surface area contributed by atoms with Crippen LogP contribution in [0.3, 0.4) is 0 Å². The van der Waals surface area contributed by atoms with Gasteiger partial charge in [-0.3, -0.25) is 0 Å². The van der Waals surface area contributed by atoms with Crippen LogP contribution in [0.4, 0.5) is 0 Å². The summed E-state index contributed by atoms with van der Waals surface area (Å²) in [5, 5.41) is 1.54. The molecule has 0 saturated heterocycles. The van der Waals surface area contributed by atoms with Crippen molar-refractivity contribution < 1.29 is 0 Å². The smallest absolute Gasteiger partial charge is 0.00944 e. The highest BCUT2D eigenvalue weighted by Gasteiger charge is 1.97. The molecule has 0 N–H and O–H groups in total. The zero-order valence-electron chi connectivity index (χ0n) is 9.62. The molecule has 4 heteroatoms. The number of rotatable bonds is 9.